The Labute approximate surface area is 126 Å². The number of rotatable bonds is 4. The number of amides is 1. The van der Waals surface area contributed by atoms with Crippen LogP contribution in [0.25, 0.3) is 0 Å². The summed E-state index contributed by atoms with van der Waals surface area (Å²) in [4.78, 5) is 26.4. The highest BCUT2D eigenvalue weighted by Gasteiger charge is 2.39. The number of ketones is 1. The highest BCUT2D eigenvalue weighted by Crippen LogP contribution is 2.43. The van der Waals surface area contributed by atoms with Gasteiger partial charge in [0.2, 0.25) is 5.91 Å². The first-order valence-electron chi connectivity index (χ1n) is 8.11. The maximum absolute atomic E-state index is 12.8. The number of hydrogen-bond donors (Lipinski definition) is 0. The van der Waals surface area contributed by atoms with Gasteiger partial charge in [0, 0.05) is 29.6 Å². The normalized spacial score (nSPS) is 21.0. The van der Waals surface area contributed by atoms with Crippen molar-refractivity contribution >= 4 is 17.4 Å². The predicted molar refractivity (Wildman–Crippen MR) is 83.6 cm³/mol. The van der Waals surface area contributed by atoms with E-state index in [0.717, 1.165) is 43.5 Å². The molecule has 0 bridgehead atoms. The molecule has 1 heterocycles. The van der Waals surface area contributed by atoms with Crippen molar-refractivity contribution < 1.29 is 9.59 Å². The van der Waals surface area contributed by atoms with E-state index >= 15 is 0 Å². The summed E-state index contributed by atoms with van der Waals surface area (Å²) in [6.07, 6.45) is 6.87. The quantitative estimate of drug-likeness (QED) is 0.785. The van der Waals surface area contributed by atoms with E-state index in [1.54, 1.807) is 0 Å². The molecule has 0 spiro atoms. The number of benzene rings is 1. The Balaban J connectivity index is 1.80. The molecule has 1 saturated heterocycles. The lowest BCUT2D eigenvalue weighted by Gasteiger charge is -2.26. The molecule has 3 nitrogen and oxygen atoms in total. The molecule has 0 atom stereocenters. The standard InChI is InChI=1S/C18H23NO2/c1-2-18(11-3-4-12-18)17(21)14-7-9-15(10-8-14)19-13-5-6-16(19)20/h7-10H,2-6,11-13H2,1H3. The summed E-state index contributed by atoms with van der Waals surface area (Å²) in [6.45, 7) is 2.92. The van der Waals surface area contributed by atoms with Crippen LogP contribution in [0.3, 0.4) is 0 Å². The van der Waals surface area contributed by atoms with Crippen molar-refractivity contribution in [2.45, 2.75) is 51.9 Å². The second-order valence-corrected chi connectivity index (χ2v) is 6.37. The molecule has 1 amide bonds. The summed E-state index contributed by atoms with van der Waals surface area (Å²) in [7, 11) is 0. The van der Waals surface area contributed by atoms with Crippen molar-refractivity contribution in [3.05, 3.63) is 29.8 Å². The fourth-order valence-electron chi connectivity index (χ4n) is 3.81. The molecule has 0 unspecified atom stereocenters. The molecule has 1 aromatic carbocycles. The molecule has 2 fully saturated rings. The van der Waals surface area contributed by atoms with Crippen molar-refractivity contribution in [3.8, 4) is 0 Å². The third-order valence-electron chi connectivity index (χ3n) is 5.23. The van der Waals surface area contributed by atoms with Gasteiger partial charge in [0.1, 0.15) is 0 Å². The van der Waals surface area contributed by atoms with Crippen LogP contribution in [0.15, 0.2) is 24.3 Å². The molecule has 1 aromatic rings. The lowest BCUT2D eigenvalue weighted by Crippen LogP contribution is -2.27. The summed E-state index contributed by atoms with van der Waals surface area (Å²) >= 11 is 0. The number of carbonyl (C=O) groups excluding carboxylic acids is 2. The molecule has 3 heteroatoms. The fourth-order valence-corrected chi connectivity index (χ4v) is 3.81. The monoisotopic (exact) mass is 285 g/mol. The van der Waals surface area contributed by atoms with E-state index in [0.29, 0.717) is 12.2 Å². The van der Waals surface area contributed by atoms with Crippen LogP contribution >= 0.6 is 0 Å². The average molecular weight is 285 g/mol. The molecule has 0 radical (unpaired) electrons. The minimum Gasteiger partial charge on any atom is -0.312 e. The molecular weight excluding hydrogens is 262 g/mol. The zero-order valence-corrected chi connectivity index (χ0v) is 12.7. The maximum atomic E-state index is 12.8. The van der Waals surface area contributed by atoms with E-state index in [1.807, 2.05) is 29.2 Å². The van der Waals surface area contributed by atoms with Gasteiger partial charge in [-0.25, -0.2) is 0 Å². The Morgan fingerprint density at radius 1 is 1.14 bits per heavy atom. The van der Waals surface area contributed by atoms with Gasteiger partial charge in [-0.3, -0.25) is 9.59 Å². The van der Waals surface area contributed by atoms with E-state index in [2.05, 4.69) is 6.92 Å². The average Bonchev–Trinajstić information content (AvgIpc) is 3.16. The van der Waals surface area contributed by atoms with E-state index in [9.17, 15) is 9.59 Å². The second kappa shape index (κ2) is 5.63. The molecular formula is C18H23NO2. The molecule has 1 aliphatic carbocycles. The van der Waals surface area contributed by atoms with Crippen LogP contribution in [0.1, 0.15) is 62.2 Å². The van der Waals surface area contributed by atoms with Gasteiger partial charge in [-0.2, -0.15) is 0 Å². The van der Waals surface area contributed by atoms with Gasteiger partial charge >= 0.3 is 0 Å². The van der Waals surface area contributed by atoms with E-state index < -0.39 is 0 Å². The maximum Gasteiger partial charge on any atom is 0.227 e. The van der Waals surface area contributed by atoms with Crippen LogP contribution in [-0.4, -0.2) is 18.2 Å². The number of hydrogen-bond acceptors (Lipinski definition) is 2. The first-order valence-corrected chi connectivity index (χ1v) is 8.11. The summed E-state index contributed by atoms with van der Waals surface area (Å²) < 4.78 is 0. The largest absolute Gasteiger partial charge is 0.312 e. The van der Waals surface area contributed by atoms with Crippen LogP contribution in [0.4, 0.5) is 5.69 Å². The summed E-state index contributed by atoms with van der Waals surface area (Å²) in [5.74, 6) is 0.483. The van der Waals surface area contributed by atoms with E-state index in [-0.39, 0.29) is 11.3 Å². The second-order valence-electron chi connectivity index (χ2n) is 6.37. The highest BCUT2D eigenvalue weighted by atomic mass is 16.2. The smallest absolute Gasteiger partial charge is 0.227 e. The number of carbonyl (C=O) groups is 2. The van der Waals surface area contributed by atoms with Crippen LogP contribution in [-0.2, 0) is 4.79 Å². The fraction of sp³-hybridized carbons (Fsp3) is 0.556. The van der Waals surface area contributed by atoms with Crippen molar-refractivity contribution in [3.63, 3.8) is 0 Å². The molecule has 1 saturated carbocycles. The SMILES string of the molecule is CCC1(C(=O)c2ccc(N3CCCC3=O)cc2)CCCC1. The summed E-state index contributed by atoms with van der Waals surface area (Å²) in [6, 6.07) is 7.65. The van der Waals surface area contributed by atoms with Gasteiger partial charge in [-0.1, -0.05) is 19.8 Å². The van der Waals surface area contributed by atoms with Crippen LogP contribution < -0.4 is 4.90 Å². The minimum atomic E-state index is -0.134. The first kappa shape index (κ1) is 14.3. The Hall–Kier alpha value is -1.64. The van der Waals surface area contributed by atoms with Crippen molar-refractivity contribution in [2.75, 3.05) is 11.4 Å². The first-order chi connectivity index (χ1) is 10.2. The number of Topliss-reactive ketones (excluding diaryl/α,β-unsaturated/α-hetero) is 1. The van der Waals surface area contributed by atoms with Crippen LogP contribution in [0.5, 0.6) is 0 Å². The molecule has 1 aliphatic heterocycles. The third kappa shape index (κ3) is 2.50. The molecule has 0 N–H and O–H groups in total. The van der Waals surface area contributed by atoms with Gasteiger partial charge in [-0.15, -0.1) is 0 Å². The zero-order chi connectivity index (χ0) is 14.9. The van der Waals surface area contributed by atoms with Crippen LogP contribution in [0.2, 0.25) is 0 Å². The van der Waals surface area contributed by atoms with Gasteiger partial charge in [0.15, 0.2) is 5.78 Å². The summed E-state index contributed by atoms with van der Waals surface area (Å²) in [5.41, 5.74) is 1.59. The van der Waals surface area contributed by atoms with E-state index in [1.165, 1.54) is 12.8 Å². The Kier molecular flexibility index (Phi) is 3.83. The zero-order valence-electron chi connectivity index (χ0n) is 12.7. The number of nitrogens with zero attached hydrogens (tertiary/aromatic N) is 1. The van der Waals surface area contributed by atoms with Crippen molar-refractivity contribution in [1.82, 2.24) is 0 Å². The Morgan fingerprint density at radius 3 is 2.33 bits per heavy atom. The highest BCUT2D eigenvalue weighted by molar-refractivity contribution is 6.01. The third-order valence-corrected chi connectivity index (χ3v) is 5.23. The van der Waals surface area contributed by atoms with Crippen molar-refractivity contribution in [2.24, 2.45) is 5.41 Å². The lowest BCUT2D eigenvalue weighted by molar-refractivity contribution is -0.117. The number of anilines is 1. The molecule has 112 valence electrons. The Morgan fingerprint density at radius 2 is 1.81 bits per heavy atom. The Bertz CT molecular complexity index is 541. The van der Waals surface area contributed by atoms with Crippen LogP contribution in [0, 0.1) is 5.41 Å². The van der Waals surface area contributed by atoms with Crippen molar-refractivity contribution in [1.29, 1.82) is 0 Å². The van der Waals surface area contributed by atoms with Gasteiger partial charge < -0.3 is 4.90 Å². The van der Waals surface area contributed by atoms with Gasteiger partial charge in [0.05, 0.1) is 0 Å². The van der Waals surface area contributed by atoms with Gasteiger partial charge in [-0.05, 0) is 49.9 Å². The molecule has 2 aliphatic rings. The topological polar surface area (TPSA) is 37.4 Å². The summed E-state index contributed by atoms with van der Waals surface area (Å²) in [5, 5.41) is 0. The minimum absolute atomic E-state index is 0.134. The van der Waals surface area contributed by atoms with Gasteiger partial charge in [0.25, 0.3) is 0 Å². The lowest BCUT2D eigenvalue weighted by atomic mass is 9.76. The molecule has 0 aromatic heterocycles. The van der Waals surface area contributed by atoms with E-state index in [4.69, 9.17) is 0 Å². The molecule has 3 rings (SSSR count). The predicted octanol–water partition coefficient (Wildman–Crippen LogP) is 3.97. The molecule has 21 heavy (non-hydrogen) atoms.